The lowest BCUT2D eigenvalue weighted by Crippen LogP contribution is -2.57. The maximum atomic E-state index is 12.7. The van der Waals surface area contributed by atoms with Crippen molar-refractivity contribution in [1.82, 2.24) is 10.4 Å². The lowest BCUT2D eigenvalue weighted by Gasteiger charge is -2.37. The molecule has 6 nitrogen and oxygen atoms in total. The van der Waals surface area contributed by atoms with Gasteiger partial charge in [-0.1, -0.05) is 36.7 Å². The third-order valence-electron chi connectivity index (χ3n) is 3.81. The normalized spacial score (nSPS) is 16.0. The van der Waals surface area contributed by atoms with Crippen LogP contribution in [0.5, 0.6) is 5.75 Å². The van der Waals surface area contributed by atoms with Gasteiger partial charge >= 0.3 is 0 Å². The maximum absolute atomic E-state index is 12.7. The van der Waals surface area contributed by atoms with Crippen molar-refractivity contribution in [2.45, 2.75) is 19.5 Å². The summed E-state index contributed by atoms with van der Waals surface area (Å²) in [4.78, 5) is 24.9. The number of benzene rings is 2. The van der Waals surface area contributed by atoms with Gasteiger partial charge in [0.25, 0.3) is 11.8 Å². The molecule has 2 amide bonds. The smallest absolute Gasteiger partial charge is 0.276 e. The molecule has 0 saturated carbocycles. The number of nitrogens with zero attached hydrogens (tertiary/aromatic N) is 1. The highest BCUT2D eigenvalue weighted by atomic mass is 35.5. The van der Waals surface area contributed by atoms with Crippen LogP contribution in [0.4, 0.5) is 5.69 Å². The van der Waals surface area contributed by atoms with E-state index in [1.54, 1.807) is 30.3 Å². The standard InChI is InChI=1S/C18H18ClN3O3/c1-2-16-20-15-9-8-12(19)10-14(15)18(24)22(16)21-17(23)11-25-13-6-4-3-5-7-13/h3-10,16,20H,2,11H2,1H3,(H,21,23). The van der Waals surface area contributed by atoms with Gasteiger partial charge in [-0.3, -0.25) is 15.0 Å². The van der Waals surface area contributed by atoms with Crippen molar-refractivity contribution in [3.05, 3.63) is 59.1 Å². The second-order valence-corrected chi connectivity index (χ2v) is 6.01. The molecule has 1 atom stereocenters. The highest BCUT2D eigenvalue weighted by molar-refractivity contribution is 6.31. The first kappa shape index (κ1) is 17.1. The quantitative estimate of drug-likeness (QED) is 0.860. The van der Waals surface area contributed by atoms with Gasteiger partial charge in [-0.25, -0.2) is 5.01 Å². The maximum Gasteiger partial charge on any atom is 0.276 e. The molecule has 1 heterocycles. The van der Waals surface area contributed by atoms with E-state index in [-0.39, 0.29) is 18.7 Å². The minimum Gasteiger partial charge on any atom is -0.484 e. The van der Waals surface area contributed by atoms with Gasteiger partial charge in [-0.2, -0.15) is 0 Å². The van der Waals surface area contributed by atoms with Crippen LogP contribution in [0.15, 0.2) is 48.5 Å². The summed E-state index contributed by atoms with van der Waals surface area (Å²) in [6.45, 7) is 1.73. The monoisotopic (exact) mass is 359 g/mol. The molecule has 25 heavy (non-hydrogen) atoms. The summed E-state index contributed by atoms with van der Waals surface area (Å²) in [6.07, 6.45) is 0.273. The topological polar surface area (TPSA) is 70.7 Å². The molecule has 0 saturated heterocycles. The fourth-order valence-electron chi connectivity index (χ4n) is 2.58. The predicted octanol–water partition coefficient (Wildman–Crippen LogP) is 3.05. The number of carbonyl (C=O) groups excluding carboxylic acids is 2. The van der Waals surface area contributed by atoms with Crippen molar-refractivity contribution in [1.29, 1.82) is 0 Å². The number of amides is 2. The number of fused-ring (bicyclic) bond motifs is 1. The Morgan fingerprint density at radius 2 is 2.04 bits per heavy atom. The molecule has 2 aromatic rings. The van der Waals surface area contributed by atoms with Crippen molar-refractivity contribution in [3.63, 3.8) is 0 Å². The fraction of sp³-hybridized carbons (Fsp3) is 0.222. The minimum atomic E-state index is -0.414. The summed E-state index contributed by atoms with van der Waals surface area (Å²) in [5.41, 5.74) is 3.73. The first-order chi connectivity index (χ1) is 12.1. The summed E-state index contributed by atoms with van der Waals surface area (Å²) < 4.78 is 5.41. The lowest BCUT2D eigenvalue weighted by molar-refractivity contribution is -0.127. The zero-order valence-electron chi connectivity index (χ0n) is 13.7. The van der Waals surface area contributed by atoms with E-state index >= 15 is 0 Å². The number of hydrogen-bond donors (Lipinski definition) is 2. The van der Waals surface area contributed by atoms with Crippen LogP contribution in [-0.4, -0.2) is 29.6 Å². The molecular weight excluding hydrogens is 342 g/mol. The molecule has 1 aliphatic heterocycles. The number of anilines is 1. The average Bonchev–Trinajstić information content (AvgIpc) is 2.63. The Bertz CT molecular complexity index is 782. The van der Waals surface area contributed by atoms with Crippen molar-refractivity contribution < 1.29 is 14.3 Å². The van der Waals surface area contributed by atoms with Crippen LogP contribution in [0, 0.1) is 0 Å². The van der Waals surface area contributed by atoms with E-state index in [0.717, 1.165) is 0 Å². The van der Waals surface area contributed by atoms with Crippen molar-refractivity contribution >= 4 is 29.1 Å². The molecule has 130 valence electrons. The summed E-state index contributed by atoms with van der Waals surface area (Å²) >= 11 is 5.98. The molecule has 1 unspecified atom stereocenters. The van der Waals surface area contributed by atoms with Gasteiger partial charge < -0.3 is 10.1 Å². The van der Waals surface area contributed by atoms with Gasteiger partial charge in [0.1, 0.15) is 11.9 Å². The van der Waals surface area contributed by atoms with Crippen molar-refractivity contribution in [2.75, 3.05) is 11.9 Å². The van der Waals surface area contributed by atoms with Gasteiger partial charge in [0, 0.05) is 10.7 Å². The lowest BCUT2D eigenvalue weighted by atomic mass is 10.1. The molecule has 0 bridgehead atoms. The van der Waals surface area contributed by atoms with Crippen LogP contribution in [0.2, 0.25) is 5.02 Å². The molecule has 0 spiro atoms. The molecule has 3 rings (SSSR count). The van der Waals surface area contributed by atoms with Crippen LogP contribution in [-0.2, 0) is 4.79 Å². The van der Waals surface area contributed by atoms with Crippen molar-refractivity contribution in [2.24, 2.45) is 0 Å². The summed E-state index contributed by atoms with van der Waals surface area (Å²) in [5, 5.41) is 4.97. The first-order valence-electron chi connectivity index (χ1n) is 7.95. The van der Waals surface area contributed by atoms with Gasteiger partial charge in [0.15, 0.2) is 6.61 Å². The second-order valence-electron chi connectivity index (χ2n) is 5.57. The largest absolute Gasteiger partial charge is 0.484 e. The summed E-state index contributed by atoms with van der Waals surface area (Å²) in [7, 11) is 0. The number of halogens is 1. The highest BCUT2D eigenvalue weighted by Crippen LogP contribution is 2.28. The summed E-state index contributed by atoms with van der Waals surface area (Å²) in [5.74, 6) is -0.135. The van der Waals surface area contributed by atoms with E-state index in [2.05, 4.69) is 10.7 Å². The van der Waals surface area contributed by atoms with E-state index in [1.165, 1.54) is 5.01 Å². The third kappa shape index (κ3) is 3.85. The Morgan fingerprint density at radius 3 is 2.76 bits per heavy atom. The van der Waals surface area contributed by atoms with E-state index < -0.39 is 5.91 Å². The number of para-hydroxylation sites is 1. The van der Waals surface area contributed by atoms with Gasteiger partial charge in [0.2, 0.25) is 0 Å². The Labute approximate surface area is 150 Å². The Hall–Kier alpha value is -2.73. The molecule has 2 aromatic carbocycles. The third-order valence-corrected chi connectivity index (χ3v) is 4.04. The number of hydrogen-bond acceptors (Lipinski definition) is 4. The molecule has 0 aliphatic carbocycles. The number of rotatable bonds is 5. The molecular formula is C18H18ClN3O3. The fourth-order valence-corrected chi connectivity index (χ4v) is 2.75. The van der Waals surface area contributed by atoms with Crippen LogP contribution in [0.25, 0.3) is 0 Å². The Kier molecular flexibility index (Phi) is 5.09. The molecule has 0 radical (unpaired) electrons. The number of carbonyl (C=O) groups is 2. The van der Waals surface area contributed by atoms with Crippen LogP contribution >= 0.6 is 11.6 Å². The predicted molar refractivity (Wildman–Crippen MR) is 95.4 cm³/mol. The van der Waals surface area contributed by atoms with E-state index in [0.29, 0.717) is 28.4 Å². The first-order valence-corrected chi connectivity index (χ1v) is 8.33. The highest BCUT2D eigenvalue weighted by Gasteiger charge is 2.32. The Balaban J connectivity index is 1.69. The second kappa shape index (κ2) is 7.44. The van der Waals surface area contributed by atoms with Gasteiger partial charge in [0.05, 0.1) is 5.56 Å². The molecule has 2 N–H and O–H groups in total. The van der Waals surface area contributed by atoms with Crippen LogP contribution < -0.4 is 15.5 Å². The van der Waals surface area contributed by atoms with Crippen LogP contribution in [0.3, 0.4) is 0 Å². The summed E-state index contributed by atoms with van der Waals surface area (Å²) in [6, 6.07) is 14.1. The minimum absolute atomic E-state index is 0.188. The van der Waals surface area contributed by atoms with Gasteiger partial charge in [-0.15, -0.1) is 0 Å². The Morgan fingerprint density at radius 1 is 1.28 bits per heavy atom. The van der Waals surface area contributed by atoms with E-state index in [1.807, 2.05) is 25.1 Å². The van der Waals surface area contributed by atoms with E-state index in [4.69, 9.17) is 16.3 Å². The average molecular weight is 360 g/mol. The molecule has 0 aromatic heterocycles. The molecule has 7 heteroatoms. The number of ether oxygens (including phenoxy) is 1. The SMILES string of the molecule is CCC1Nc2ccc(Cl)cc2C(=O)N1NC(=O)COc1ccccc1. The number of nitrogens with one attached hydrogen (secondary N) is 2. The van der Waals surface area contributed by atoms with E-state index in [9.17, 15) is 9.59 Å². The molecule has 1 aliphatic rings. The number of hydrazine groups is 1. The van der Waals surface area contributed by atoms with Crippen LogP contribution in [0.1, 0.15) is 23.7 Å². The zero-order chi connectivity index (χ0) is 17.8. The zero-order valence-corrected chi connectivity index (χ0v) is 14.4. The van der Waals surface area contributed by atoms with Crippen molar-refractivity contribution in [3.8, 4) is 5.75 Å². The van der Waals surface area contributed by atoms with Gasteiger partial charge in [-0.05, 0) is 36.8 Å². The molecule has 0 fully saturated rings.